The van der Waals surface area contributed by atoms with Gasteiger partial charge in [-0.05, 0) is 73.6 Å². The van der Waals surface area contributed by atoms with Crippen LogP contribution in [0.5, 0.6) is 0 Å². The Balaban J connectivity index is 1.66. The molecule has 1 unspecified atom stereocenters. The molecule has 2 aromatic rings. The molecule has 0 saturated heterocycles. The van der Waals surface area contributed by atoms with Gasteiger partial charge in [0.1, 0.15) is 11.6 Å². The monoisotopic (exact) mass is 425 g/mol. The van der Waals surface area contributed by atoms with Crippen LogP contribution in [0.2, 0.25) is 0 Å². The fourth-order valence-corrected chi connectivity index (χ4v) is 3.89. The maximum absolute atomic E-state index is 12.5. The Bertz CT molecular complexity index is 1120. The summed E-state index contributed by atoms with van der Waals surface area (Å²) in [5, 5.41) is 15.0. The van der Waals surface area contributed by atoms with Gasteiger partial charge in [-0.3, -0.25) is 9.35 Å². The average Bonchev–Trinajstić information content (AvgIpc) is 2.73. The molecule has 1 amide bonds. The van der Waals surface area contributed by atoms with Gasteiger partial charge in [-0.15, -0.1) is 0 Å². The molecule has 0 radical (unpaired) electrons. The fraction of sp³-hybridized carbons (Fsp3) is 0.273. The molecule has 156 valence electrons. The van der Waals surface area contributed by atoms with Gasteiger partial charge in [0.05, 0.1) is 10.9 Å². The van der Waals surface area contributed by atoms with Crippen molar-refractivity contribution >= 4 is 21.7 Å². The molecule has 0 heterocycles. The Morgan fingerprint density at radius 3 is 2.43 bits per heavy atom. The predicted molar refractivity (Wildman–Crippen MR) is 113 cm³/mol. The van der Waals surface area contributed by atoms with Crippen LogP contribution in [0.15, 0.2) is 59.1 Å². The van der Waals surface area contributed by atoms with Crippen LogP contribution in [0.3, 0.4) is 0 Å². The summed E-state index contributed by atoms with van der Waals surface area (Å²) in [7, 11) is -4.27. The molecule has 0 saturated carbocycles. The van der Waals surface area contributed by atoms with Gasteiger partial charge in [-0.2, -0.15) is 13.7 Å². The summed E-state index contributed by atoms with van der Waals surface area (Å²) in [4.78, 5) is 12.3. The van der Waals surface area contributed by atoms with E-state index in [0.29, 0.717) is 5.69 Å². The zero-order valence-electron chi connectivity index (χ0n) is 16.6. The van der Waals surface area contributed by atoms with Crippen molar-refractivity contribution < 1.29 is 17.8 Å². The molecule has 0 fully saturated rings. The van der Waals surface area contributed by atoms with Crippen molar-refractivity contribution in [2.45, 2.75) is 43.5 Å². The van der Waals surface area contributed by atoms with E-state index in [0.717, 1.165) is 18.4 Å². The first-order chi connectivity index (χ1) is 14.3. The number of rotatable bonds is 6. The third-order valence-corrected chi connectivity index (χ3v) is 5.99. The van der Waals surface area contributed by atoms with Crippen molar-refractivity contribution in [3.8, 4) is 6.07 Å². The second kappa shape index (κ2) is 9.11. The van der Waals surface area contributed by atoms with Crippen LogP contribution in [0.1, 0.15) is 42.5 Å². The van der Waals surface area contributed by atoms with Crippen LogP contribution < -0.4 is 10.6 Å². The molecule has 1 aliphatic carbocycles. The van der Waals surface area contributed by atoms with Crippen molar-refractivity contribution in [2.75, 3.05) is 5.32 Å². The largest absolute Gasteiger partial charge is 0.360 e. The minimum atomic E-state index is -4.27. The van der Waals surface area contributed by atoms with E-state index in [1.54, 1.807) is 0 Å². The molecule has 3 rings (SSSR count). The van der Waals surface area contributed by atoms with E-state index in [2.05, 4.69) is 22.8 Å². The third kappa shape index (κ3) is 5.26. The van der Waals surface area contributed by atoms with Crippen LogP contribution in [0, 0.1) is 11.3 Å². The lowest BCUT2D eigenvalue weighted by atomic mass is 9.89. The van der Waals surface area contributed by atoms with Crippen molar-refractivity contribution in [3.63, 3.8) is 0 Å². The highest BCUT2D eigenvalue weighted by Gasteiger charge is 2.16. The quantitative estimate of drug-likeness (QED) is 0.370. The molecule has 2 aromatic carbocycles. The zero-order valence-corrected chi connectivity index (χ0v) is 17.4. The summed E-state index contributed by atoms with van der Waals surface area (Å²) in [5.74, 6) is -0.509. The van der Waals surface area contributed by atoms with E-state index in [1.807, 2.05) is 19.1 Å². The Morgan fingerprint density at radius 1 is 1.13 bits per heavy atom. The molecule has 0 bridgehead atoms. The molecule has 3 N–H and O–H groups in total. The summed E-state index contributed by atoms with van der Waals surface area (Å²) in [6.45, 7) is 1.87. The van der Waals surface area contributed by atoms with Crippen LogP contribution in [0.25, 0.3) is 0 Å². The van der Waals surface area contributed by atoms with E-state index in [-0.39, 0.29) is 16.5 Å². The summed E-state index contributed by atoms with van der Waals surface area (Å²) < 4.78 is 31.1. The number of aryl methyl sites for hydroxylation is 2. The Labute approximate surface area is 176 Å². The van der Waals surface area contributed by atoms with E-state index in [4.69, 9.17) is 4.55 Å². The first kappa shape index (κ1) is 21.6. The number of fused-ring (bicyclic) bond motifs is 1. The van der Waals surface area contributed by atoms with E-state index >= 15 is 0 Å². The van der Waals surface area contributed by atoms with Gasteiger partial charge in [0, 0.05) is 11.9 Å². The van der Waals surface area contributed by atoms with Gasteiger partial charge < -0.3 is 10.6 Å². The highest BCUT2D eigenvalue weighted by molar-refractivity contribution is 7.85. The number of carbonyl (C=O) groups is 1. The van der Waals surface area contributed by atoms with E-state index in [9.17, 15) is 18.5 Å². The average molecular weight is 426 g/mol. The van der Waals surface area contributed by atoms with Gasteiger partial charge in [-0.25, -0.2) is 0 Å². The number of nitriles is 1. The van der Waals surface area contributed by atoms with Crippen molar-refractivity contribution in [2.24, 2.45) is 0 Å². The maximum atomic E-state index is 12.5. The van der Waals surface area contributed by atoms with Gasteiger partial charge in [0.15, 0.2) is 0 Å². The molecular formula is C22H23N3O4S. The molecule has 0 aliphatic heterocycles. The normalized spacial score (nSPS) is 14.9. The first-order valence-electron chi connectivity index (χ1n) is 9.65. The number of anilines is 1. The van der Waals surface area contributed by atoms with Crippen LogP contribution in [0.4, 0.5) is 5.69 Å². The molecule has 7 nitrogen and oxygen atoms in total. The summed E-state index contributed by atoms with van der Waals surface area (Å²) in [6.07, 6.45) is 5.79. The highest BCUT2D eigenvalue weighted by Crippen LogP contribution is 2.25. The number of amides is 1. The number of hydrogen-bond acceptors (Lipinski definition) is 5. The Kier molecular flexibility index (Phi) is 6.55. The molecule has 8 heteroatoms. The van der Waals surface area contributed by atoms with Crippen molar-refractivity contribution in [1.82, 2.24) is 5.32 Å². The third-order valence-electron chi connectivity index (χ3n) is 5.12. The number of hydrogen-bond donors (Lipinski definition) is 3. The Morgan fingerprint density at radius 2 is 1.80 bits per heavy atom. The molecule has 0 aromatic heterocycles. The topological polar surface area (TPSA) is 119 Å². The lowest BCUT2D eigenvalue weighted by Gasteiger charge is -2.20. The van der Waals surface area contributed by atoms with Crippen LogP contribution in [-0.4, -0.2) is 18.9 Å². The molecule has 30 heavy (non-hydrogen) atoms. The fourth-order valence-electron chi connectivity index (χ4n) is 3.41. The van der Waals surface area contributed by atoms with Gasteiger partial charge in [0.2, 0.25) is 0 Å². The summed E-state index contributed by atoms with van der Waals surface area (Å²) >= 11 is 0. The highest BCUT2D eigenvalue weighted by atomic mass is 32.2. The van der Waals surface area contributed by atoms with Gasteiger partial charge in [-0.1, -0.05) is 18.2 Å². The van der Waals surface area contributed by atoms with E-state index in [1.165, 1.54) is 54.4 Å². The minimum absolute atomic E-state index is 0.112. The number of nitrogens with zero attached hydrogens (tertiary/aromatic N) is 1. The smallest absolute Gasteiger partial charge is 0.294 e. The lowest BCUT2D eigenvalue weighted by molar-refractivity contribution is -0.117. The van der Waals surface area contributed by atoms with Crippen molar-refractivity contribution in [1.29, 1.82) is 5.26 Å². The zero-order chi connectivity index (χ0) is 21.7. The van der Waals surface area contributed by atoms with Gasteiger partial charge >= 0.3 is 0 Å². The second-order valence-corrected chi connectivity index (χ2v) is 8.67. The summed E-state index contributed by atoms with van der Waals surface area (Å²) in [5.41, 5.74) is 4.04. The van der Waals surface area contributed by atoms with E-state index < -0.39 is 16.0 Å². The lowest BCUT2D eigenvalue weighted by Crippen LogP contribution is -2.28. The molecule has 1 aliphatic rings. The Hall–Kier alpha value is -3.15. The van der Waals surface area contributed by atoms with Crippen molar-refractivity contribution in [3.05, 3.63) is 70.9 Å². The number of carbonyl (C=O) groups excluding carboxylic acids is 1. The number of nitrogens with one attached hydrogen (secondary N) is 2. The van der Waals surface area contributed by atoms with Gasteiger partial charge in [0.25, 0.3) is 16.0 Å². The maximum Gasteiger partial charge on any atom is 0.294 e. The van der Waals surface area contributed by atoms with Crippen LogP contribution in [-0.2, 0) is 27.8 Å². The molecule has 0 spiro atoms. The molecular weight excluding hydrogens is 402 g/mol. The second-order valence-electron chi connectivity index (χ2n) is 7.24. The predicted octanol–water partition coefficient (Wildman–Crippen LogP) is 3.51. The summed E-state index contributed by atoms with van der Waals surface area (Å²) in [6, 6.07) is 13.1. The SMILES string of the molecule is CC(NC(=O)/C(C#N)=C\Nc1ccc(S(=O)(=O)O)cc1)c1ccc2c(c1)CCCC2. The minimum Gasteiger partial charge on any atom is -0.360 e. The standard InChI is InChI=1S/C22H23N3O4S/c1-15(17-7-6-16-4-2-3-5-18(16)12-17)25-22(26)19(13-23)14-24-20-8-10-21(11-9-20)30(27,28)29/h6-12,14-15,24H,2-5H2,1H3,(H,25,26)(H,27,28,29)/b19-14-. The number of benzene rings is 2. The van der Waals surface area contributed by atoms with Crippen LogP contribution >= 0.6 is 0 Å². The first-order valence-corrected chi connectivity index (χ1v) is 11.1. The molecule has 1 atom stereocenters.